The van der Waals surface area contributed by atoms with E-state index in [0.717, 1.165) is 11.1 Å². The molecule has 2 aromatic rings. The molecule has 1 aromatic heterocycles. The van der Waals surface area contributed by atoms with Gasteiger partial charge >= 0.3 is 0 Å². The molecular formula is C15H20FN3O. The summed E-state index contributed by atoms with van der Waals surface area (Å²) in [6.45, 7) is 2.75. The molecule has 1 aromatic carbocycles. The van der Waals surface area contributed by atoms with Crippen molar-refractivity contribution in [2.24, 2.45) is 0 Å². The highest BCUT2D eigenvalue weighted by Gasteiger charge is 2.23. The summed E-state index contributed by atoms with van der Waals surface area (Å²) in [7, 11) is 0. The molecule has 0 radical (unpaired) electrons. The van der Waals surface area contributed by atoms with Crippen LogP contribution in [0.1, 0.15) is 37.8 Å². The van der Waals surface area contributed by atoms with Crippen LogP contribution in [-0.4, -0.2) is 27.5 Å². The van der Waals surface area contributed by atoms with Crippen LogP contribution in [0, 0.1) is 5.95 Å². The predicted molar refractivity (Wildman–Crippen MR) is 76.0 cm³/mol. The summed E-state index contributed by atoms with van der Waals surface area (Å²) in [5.41, 5.74) is 1.95. The zero-order valence-corrected chi connectivity index (χ0v) is 11.6. The van der Waals surface area contributed by atoms with E-state index in [-0.39, 0.29) is 12.6 Å². The van der Waals surface area contributed by atoms with E-state index in [4.69, 9.17) is 5.11 Å². The molecule has 0 amide bonds. The van der Waals surface area contributed by atoms with E-state index in [0.29, 0.717) is 24.4 Å². The number of halogens is 1. The molecule has 3 rings (SSSR count). The van der Waals surface area contributed by atoms with E-state index in [2.05, 4.69) is 17.3 Å². The molecule has 1 aliphatic rings. The van der Waals surface area contributed by atoms with Crippen LogP contribution in [-0.2, 0) is 6.54 Å². The number of aryl methyl sites for hydroxylation is 1. The number of rotatable bonds is 6. The smallest absolute Gasteiger partial charge is 0.240 e. The second-order valence-corrected chi connectivity index (χ2v) is 5.53. The number of aromatic nitrogens is 2. The molecule has 5 heteroatoms. The number of hydrogen-bond donors (Lipinski definition) is 2. The highest BCUT2D eigenvalue weighted by atomic mass is 19.1. The zero-order chi connectivity index (χ0) is 14.1. The third-order valence-electron chi connectivity index (χ3n) is 3.82. The van der Waals surface area contributed by atoms with E-state index < -0.39 is 5.95 Å². The van der Waals surface area contributed by atoms with Crippen molar-refractivity contribution in [3.63, 3.8) is 0 Å². The standard InChI is InChI=1S/C15H20FN3O/c1-10(17-12-4-5-12)11-3-6-13-14(9-11)19(7-2-8-20)18-15(13)16/h3,6,9-10,12,17,20H,2,4-5,7-8H2,1H3. The van der Waals surface area contributed by atoms with Gasteiger partial charge in [0.1, 0.15) is 0 Å². The van der Waals surface area contributed by atoms with Crippen molar-refractivity contribution in [2.75, 3.05) is 6.61 Å². The van der Waals surface area contributed by atoms with Crippen molar-refractivity contribution >= 4 is 10.9 Å². The molecule has 2 N–H and O–H groups in total. The van der Waals surface area contributed by atoms with Crippen molar-refractivity contribution < 1.29 is 9.50 Å². The first-order valence-corrected chi connectivity index (χ1v) is 7.22. The van der Waals surface area contributed by atoms with Crippen molar-refractivity contribution in [3.8, 4) is 0 Å². The molecule has 4 nitrogen and oxygen atoms in total. The maximum Gasteiger partial charge on any atom is 0.240 e. The van der Waals surface area contributed by atoms with Gasteiger partial charge in [0.05, 0.1) is 10.9 Å². The highest BCUT2D eigenvalue weighted by molar-refractivity contribution is 5.80. The summed E-state index contributed by atoms with van der Waals surface area (Å²) < 4.78 is 15.4. The quantitative estimate of drug-likeness (QED) is 0.852. The molecule has 0 bridgehead atoms. The topological polar surface area (TPSA) is 50.1 Å². The van der Waals surface area contributed by atoms with E-state index in [1.807, 2.05) is 12.1 Å². The molecule has 1 saturated carbocycles. The maximum atomic E-state index is 13.8. The first-order valence-electron chi connectivity index (χ1n) is 7.22. The van der Waals surface area contributed by atoms with Gasteiger partial charge in [0.25, 0.3) is 0 Å². The fourth-order valence-corrected chi connectivity index (χ4v) is 2.51. The highest BCUT2D eigenvalue weighted by Crippen LogP contribution is 2.26. The van der Waals surface area contributed by atoms with Crippen LogP contribution >= 0.6 is 0 Å². The van der Waals surface area contributed by atoms with Gasteiger partial charge in [0.2, 0.25) is 5.95 Å². The summed E-state index contributed by atoms with van der Waals surface area (Å²) in [6.07, 6.45) is 3.07. The minimum absolute atomic E-state index is 0.0856. The average Bonchev–Trinajstić information content (AvgIpc) is 3.20. The Hall–Kier alpha value is -1.46. The van der Waals surface area contributed by atoms with Gasteiger partial charge in [-0.2, -0.15) is 4.39 Å². The lowest BCUT2D eigenvalue weighted by Gasteiger charge is -2.14. The molecule has 0 saturated heterocycles. The minimum Gasteiger partial charge on any atom is -0.396 e. The third kappa shape index (κ3) is 2.69. The molecule has 1 aliphatic carbocycles. The zero-order valence-electron chi connectivity index (χ0n) is 11.6. The van der Waals surface area contributed by atoms with Crippen molar-refractivity contribution in [1.29, 1.82) is 0 Å². The van der Waals surface area contributed by atoms with Gasteiger partial charge in [-0.1, -0.05) is 6.07 Å². The molecule has 20 heavy (non-hydrogen) atoms. The van der Waals surface area contributed by atoms with Crippen LogP contribution in [0.5, 0.6) is 0 Å². The fraction of sp³-hybridized carbons (Fsp3) is 0.533. The maximum absolute atomic E-state index is 13.8. The number of benzene rings is 1. The largest absolute Gasteiger partial charge is 0.396 e. The van der Waals surface area contributed by atoms with Gasteiger partial charge in [-0.05, 0) is 43.9 Å². The summed E-state index contributed by atoms with van der Waals surface area (Å²) in [6, 6.07) is 6.66. The average molecular weight is 277 g/mol. The fourth-order valence-electron chi connectivity index (χ4n) is 2.51. The second-order valence-electron chi connectivity index (χ2n) is 5.53. The van der Waals surface area contributed by atoms with Crippen molar-refractivity contribution in [1.82, 2.24) is 15.1 Å². The van der Waals surface area contributed by atoms with Gasteiger partial charge in [-0.25, -0.2) is 0 Å². The first kappa shape index (κ1) is 13.5. The van der Waals surface area contributed by atoms with Crippen LogP contribution in [0.2, 0.25) is 0 Å². The SMILES string of the molecule is CC(NC1CC1)c1ccc2c(F)nn(CCCO)c2c1. The number of nitrogens with zero attached hydrogens (tertiary/aromatic N) is 2. The van der Waals surface area contributed by atoms with Crippen molar-refractivity contribution in [2.45, 2.75) is 44.8 Å². The van der Waals surface area contributed by atoms with Gasteiger partial charge < -0.3 is 10.4 Å². The van der Waals surface area contributed by atoms with Gasteiger partial charge in [0, 0.05) is 25.2 Å². The molecule has 0 spiro atoms. The Morgan fingerprint density at radius 2 is 2.30 bits per heavy atom. The molecule has 1 fully saturated rings. The number of hydrogen-bond acceptors (Lipinski definition) is 3. The summed E-state index contributed by atoms with van der Waals surface area (Å²) in [4.78, 5) is 0. The molecular weight excluding hydrogens is 257 g/mol. The Bertz CT molecular complexity index is 606. The lowest BCUT2D eigenvalue weighted by atomic mass is 10.1. The summed E-state index contributed by atoms with van der Waals surface area (Å²) >= 11 is 0. The Kier molecular flexibility index (Phi) is 3.72. The van der Waals surface area contributed by atoms with Crippen molar-refractivity contribution in [3.05, 3.63) is 29.7 Å². The lowest BCUT2D eigenvalue weighted by molar-refractivity contribution is 0.277. The minimum atomic E-state index is -0.438. The molecule has 0 aliphatic heterocycles. The molecule has 1 unspecified atom stereocenters. The number of aliphatic hydroxyl groups is 1. The van der Waals surface area contributed by atoms with Crippen LogP contribution in [0.3, 0.4) is 0 Å². The first-order chi connectivity index (χ1) is 9.69. The Morgan fingerprint density at radius 1 is 1.50 bits per heavy atom. The summed E-state index contributed by atoms with van der Waals surface area (Å²) in [5, 5.41) is 16.9. The van der Waals surface area contributed by atoms with Crippen LogP contribution in [0.4, 0.5) is 4.39 Å². The normalized spacial score (nSPS) is 16.8. The monoisotopic (exact) mass is 277 g/mol. The second kappa shape index (κ2) is 5.50. The van der Waals surface area contributed by atoms with E-state index in [1.165, 1.54) is 12.8 Å². The van der Waals surface area contributed by atoms with Crippen LogP contribution < -0.4 is 5.32 Å². The van der Waals surface area contributed by atoms with E-state index in [9.17, 15) is 4.39 Å². The lowest BCUT2D eigenvalue weighted by Crippen LogP contribution is -2.20. The Morgan fingerprint density at radius 3 is 3.00 bits per heavy atom. The van der Waals surface area contributed by atoms with Gasteiger partial charge in [-0.3, -0.25) is 4.68 Å². The number of fused-ring (bicyclic) bond motifs is 1. The number of aliphatic hydroxyl groups excluding tert-OH is 1. The Labute approximate surface area is 117 Å². The predicted octanol–water partition coefficient (Wildman–Crippen LogP) is 2.37. The van der Waals surface area contributed by atoms with Crippen LogP contribution in [0.15, 0.2) is 18.2 Å². The summed E-state index contributed by atoms with van der Waals surface area (Å²) in [5.74, 6) is -0.438. The van der Waals surface area contributed by atoms with E-state index in [1.54, 1.807) is 10.7 Å². The molecule has 1 atom stereocenters. The Balaban J connectivity index is 1.90. The van der Waals surface area contributed by atoms with Crippen LogP contribution in [0.25, 0.3) is 10.9 Å². The molecule has 108 valence electrons. The van der Waals surface area contributed by atoms with Gasteiger partial charge in [-0.15, -0.1) is 5.10 Å². The van der Waals surface area contributed by atoms with E-state index >= 15 is 0 Å². The molecule has 1 heterocycles. The van der Waals surface area contributed by atoms with Gasteiger partial charge in [0.15, 0.2) is 0 Å². The third-order valence-corrected chi connectivity index (χ3v) is 3.82. The number of nitrogens with one attached hydrogen (secondary N) is 1.